The lowest BCUT2D eigenvalue weighted by Gasteiger charge is -2.36. The topological polar surface area (TPSA) is 29.3 Å². The lowest BCUT2D eigenvalue weighted by Crippen LogP contribution is -2.38. The van der Waals surface area contributed by atoms with Crippen LogP contribution in [0.3, 0.4) is 0 Å². The molecule has 2 N–H and O–H groups in total. The van der Waals surface area contributed by atoms with Crippen LogP contribution in [0.5, 0.6) is 0 Å². The molecule has 1 aromatic rings. The summed E-state index contributed by atoms with van der Waals surface area (Å²) in [5.41, 5.74) is 9.11. The Morgan fingerprint density at radius 2 is 2.06 bits per heavy atom. The van der Waals surface area contributed by atoms with Crippen molar-refractivity contribution in [3.05, 3.63) is 29.8 Å². The first kappa shape index (κ1) is 12.0. The van der Waals surface area contributed by atoms with E-state index in [4.69, 9.17) is 5.73 Å². The summed E-state index contributed by atoms with van der Waals surface area (Å²) in [4.78, 5) is 2.60. The number of nitrogens with zero attached hydrogens (tertiary/aromatic N) is 1. The summed E-state index contributed by atoms with van der Waals surface area (Å²) in [7, 11) is 0. The van der Waals surface area contributed by atoms with E-state index in [1.807, 2.05) is 0 Å². The van der Waals surface area contributed by atoms with E-state index in [1.165, 1.54) is 62.9 Å². The highest BCUT2D eigenvalue weighted by Crippen LogP contribution is 2.30. The molecule has 3 rings (SSSR count). The highest BCUT2D eigenvalue weighted by Gasteiger charge is 2.23. The third-order valence-electron chi connectivity index (χ3n) is 4.51. The molecule has 1 aliphatic heterocycles. The number of hydrogen-bond donors (Lipinski definition) is 1. The molecule has 2 aliphatic rings. The van der Waals surface area contributed by atoms with E-state index in [9.17, 15) is 0 Å². The Morgan fingerprint density at radius 3 is 2.94 bits per heavy atom. The van der Waals surface area contributed by atoms with Crippen LogP contribution in [-0.2, 0) is 6.42 Å². The number of para-hydroxylation sites is 1. The first-order valence-corrected chi connectivity index (χ1v) is 7.41. The molecule has 2 atom stereocenters. The van der Waals surface area contributed by atoms with Crippen LogP contribution < -0.4 is 10.6 Å². The van der Waals surface area contributed by atoms with Gasteiger partial charge in [-0.05, 0) is 49.7 Å². The third kappa shape index (κ3) is 2.54. The van der Waals surface area contributed by atoms with Gasteiger partial charge in [0.25, 0.3) is 0 Å². The fourth-order valence-corrected chi connectivity index (χ4v) is 3.61. The van der Waals surface area contributed by atoms with Gasteiger partial charge >= 0.3 is 0 Å². The van der Waals surface area contributed by atoms with E-state index in [0.717, 1.165) is 5.92 Å². The Hall–Kier alpha value is -1.02. The molecule has 1 fully saturated rings. The second-order valence-electron chi connectivity index (χ2n) is 5.97. The van der Waals surface area contributed by atoms with Gasteiger partial charge in [-0.25, -0.2) is 0 Å². The quantitative estimate of drug-likeness (QED) is 0.866. The molecule has 1 heterocycles. The molecule has 2 unspecified atom stereocenters. The summed E-state index contributed by atoms with van der Waals surface area (Å²) in [6, 6.07) is 9.36. The minimum absolute atomic E-state index is 0.448. The summed E-state index contributed by atoms with van der Waals surface area (Å²) in [6.07, 6.45) is 7.69. The number of fused-ring (bicyclic) bond motifs is 1. The van der Waals surface area contributed by atoms with Crippen molar-refractivity contribution >= 4 is 5.69 Å². The van der Waals surface area contributed by atoms with Crippen molar-refractivity contribution in [3.63, 3.8) is 0 Å². The van der Waals surface area contributed by atoms with Gasteiger partial charge in [-0.1, -0.05) is 24.6 Å². The molecule has 1 aliphatic carbocycles. The van der Waals surface area contributed by atoms with E-state index in [1.54, 1.807) is 0 Å². The van der Waals surface area contributed by atoms with E-state index < -0.39 is 0 Å². The molecule has 0 aromatic heterocycles. The monoisotopic (exact) mass is 244 g/mol. The molecular formula is C16H24N2. The van der Waals surface area contributed by atoms with Gasteiger partial charge in [0.05, 0.1) is 0 Å². The van der Waals surface area contributed by atoms with Crippen LogP contribution in [0.15, 0.2) is 24.3 Å². The molecule has 18 heavy (non-hydrogen) atoms. The summed E-state index contributed by atoms with van der Waals surface area (Å²) in [5, 5.41) is 0. The van der Waals surface area contributed by atoms with Gasteiger partial charge < -0.3 is 10.6 Å². The number of nitrogens with two attached hydrogens (primary N) is 1. The van der Waals surface area contributed by atoms with Crippen molar-refractivity contribution in [2.24, 2.45) is 11.7 Å². The minimum atomic E-state index is 0.448. The second kappa shape index (κ2) is 5.31. The summed E-state index contributed by atoms with van der Waals surface area (Å²) in [6.45, 7) is 2.44. The Balaban J connectivity index is 1.70. The van der Waals surface area contributed by atoms with Crippen LogP contribution in [0.4, 0.5) is 5.69 Å². The summed E-state index contributed by atoms with van der Waals surface area (Å²) < 4.78 is 0. The lowest BCUT2D eigenvalue weighted by molar-refractivity contribution is 0.322. The van der Waals surface area contributed by atoms with Gasteiger partial charge in [0.15, 0.2) is 0 Å². The van der Waals surface area contributed by atoms with Gasteiger partial charge in [0.2, 0.25) is 0 Å². The fourth-order valence-electron chi connectivity index (χ4n) is 3.61. The van der Waals surface area contributed by atoms with Gasteiger partial charge in [0.1, 0.15) is 0 Å². The summed E-state index contributed by atoms with van der Waals surface area (Å²) >= 11 is 0. The molecule has 0 bridgehead atoms. The van der Waals surface area contributed by atoms with Gasteiger partial charge in [-0.15, -0.1) is 0 Å². The predicted molar refractivity (Wildman–Crippen MR) is 76.9 cm³/mol. The average molecular weight is 244 g/mol. The number of aryl methyl sites for hydroxylation is 1. The fraction of sp³-hybridized carbons (Fsp3) is 0.625. The van der Waals surface area contributed by atoms with Crippen molar-refractivity contribution in [1.29, 1.82) is 0 Å². The maximum atomic E-state index is 6.11. The average Bonchev–Trinajstić information content (AvgIpc) is 2.39. The Morgan fingerprint density at radius 1 is 1.17 bits per heavy atom. The van der Waals surface area contributed by atoms with Crippen LogP contribution in [-0.4, -0.2) is 19.1 Å². The molecule has 0 amide bonds. The van der Waals surface area contributed by atoms with Gasteiger partial charge in [-0.2, -0.15) is 0 Å². The second-order valence-corrected chi connectivity index (χ2v) is 5.97. The van der Waals surface area contributed by atoms with Crippen LogP contribution in [0.1, 0.15) is 37.7 Å². The number of hydrogen-bond acceptors (Lipinski definition) is 2. The standard InChI is InChI=1S/C16H24N2/c17-15-8-3-5-13(11-15)12-18-10-4-7-14-6-1-2-9-16(14)18/h1-2,6,9,13,15H,3-5,7-8,10-12,17H2. The zero-order valence-corrected chi connectivity index (χ0v) is 11.1. The first-order chi connectivity index (χ1) is 8.83. The number of anilines is 1. The van der Waals surface area contributed by atoms with Crippen molar-refractivity contribution in [1.82, 2.24) is 0 Å². The summed E-state index contributed by atoms with van der Waals surface area (Å²) in [5.74, 6) is 0.805. The molecule has 2 heteroatoms. The van der Waals surface area contributed by atoms with E-state index in [0.29, 0.717) is 6.04 Å². The lowest BCUT2D eigenvalue weighted by atomic mass is 9.85. The Kier molecular flexibility index (Phi) is 3.55. The molecule has 0 saturated heterocycles. The smallest absolute Gasteiger partial charge is 0.0398 e. The van der Waals surface area contributed by atoms with Crippen LogP contribution in [0.2, 0.25) is 0 Å². The zero-order valence-electron chi connectivity index (χ0n) is 11.1. The van der Waals surface area contributed by atoms with E-state index in [2.05, 4.69) is 29.2 Å². The molecule has 0 spiro atoms. The number of benzene rings is 1. The maximum Gasteiger partial charge on any atom is 0.0398 e. The third-order valence-corrected chi connectivity index (χ3v) is 4.51. The molecule has 1 saturated carbocycles. The molecule has 2 nitrogen and oxygen atoms in total. The Labute approximate surface area is 110 Å². The molecule has 1 aromatic carbocycles. The minimum Gasteiger partial charge on any atom is -0.371 e. The zero-order chi connectivity index (χ0) is 12.4. The SMILES string of the molecule is NC1CCCC(CN2CCCc3ccccc32)C1. The Bertz CT molecular complexity index is 402. The van der Waals surface area contributed by atoms with Crippen molar-refractivity contribution in [2.75, 3.05) is 18.0 Å². The molecule has 98 valence electrons. The van der Waals surface area contributed by atoms with Crippen LogP contribution >= 0.6 is 0 Å². The van der Waals surface area contributed by atoms with E-state index >= 15 is 0 Å². The van der Waals surface area contributed by atoms with Gasteiger partial charge in [-0.3, -0.25) is 0 Å². The van der Waals surface area contributed by atoms with Crippen LogP contribution in [0.25, 0.3) is 0 Å². The maximum absolute atomic E-state index is 6.11. The van der Waals surface area contributed by atoms with E-state index in [-0.39, 0.29) is 0 Å². The highest BCUT2D eigenvalue weighted by atomic mass is 15.1. The van der Waals surface area contributed by atoms with Gasteiger partial charge in [0, 0.05) is 24.8 Å². The molecular weight excluding hydrogens is 220 g/mol. The normalized spacial score (nSPS) is 27.9. The van der Waals surface area contributed by atoms with Crippen molar-refractivity contribution in [2.45, 2.75) is 44.6 Å². The highest BCUT2D eigenvalue weighted by molar-refractivity contribution is 5.55. The van der Waals surface area contributed by atoms with Crippen molar-refractivity contribution in [3.8, 4) is 0 Å². The largest absolute Gasteiger partial charge is 0.371 e. The first-order valence-electron chi connectivity index (χ1n) is 7.41. The van der Waals surface area contributed by atoms with Crippen LogP contribution in [0, 0.1) is 5.92 Å². The number of rotatable bonds is 2. The molecule has 0 radical (unpaired) electrons. The van der Waals surface area contributed by atoms with Crippen molar-refractivity contribution < 1.29 is 0 Å². The predicted octanol–water partition coefficient (Wildman–Crippen LogP) is 2.96.